The Morgan fingerprint density at radius 1 is 1.26 bits per heavy atom. The van der Waals surface area contributed by atoms with Crippen LogP contribution in [0.2, 0.25) is 0 Å². The van der Waals surface area contributed by atoms with Crippen molar-refractivity contribution in [3.63, 3.8) is 0 Å². The summed E-state index contributed by atoms with van der Waals surface area (Å²) in [7, 11) is -1.99. The first-order valence-corrected chi connectivity index (χ1v) is 9.78. The van der Waals surface area contributed by atoms with Crippen LogP contribution >= 0.6 is 15.9 Å². The fraction of sp³-hybridized carbons (Fsp3) is 0.467. The molecule has 1 aromatic rings. The number of rotatable bonds is 7. The Balaban J connectivity index is 2.90. The zero-order chi connectivity index (χ0) is 17.6. The molecular weight excluding hydrogens is 386 g/mol. The van der Waals surface area contributed by atoms with Gasteiger partial charge in [-0.25, -0.2) is 8.42 Å². The Labute approximate surface area is 144 Å². The van der Waals surface area contributed by atoms with Gasteiger partial charge in [-0.1, -0.05) is 35.0 Å². The van der Waals surface area contributed by atoms with E-state index >= 15 is 0 Å². The molecule has 128 valence electrons. The Morgan fingerprint density at radius 3 is 2.30 bits per heavy atom. The van der Waals surface area contributed by atoms with Gasteiger partial charge >= 0.3 is 5.97 Å². The molecule has 0 aromatic heterocycles. The number of hydrogen-bond acceptors (Lipinski definition) is 5. The molecule has 2 atom stereocenters. The predicted molar refractivity (Wildman–Crippen MR) is 90.5 cm³/mol. The van der Waals surface area contributed by atoms with Crippen molar-refractivity contribution in [2.75, 3.05) is 19.1 Å². The minimum atomic E-state index is -3.26. The average Bonchev–Trinajstić information content (AvgIpc) is 2.45. The van der Waals surface area contributed by atoms with Crippen molar-refractivity contribution in [2.45, 2.75) is 19.4 Å². The van der Waals surface area contributed by atoms with Crippen LogP contribution in [-0.4, -0.2) is 39.4 Å². The fourth-order valence-corrected chi connectivity index (χ4v) is 3.37. The van der Waals surface area contributed by atoms with Gasteiger partial charge in [-0.2, -0.15) is 0 Å². The van der Waals surface area contributed by atoms with Crippen molar-refractivity contribution in [3.05, 3.63) is 34.3 Å². The van der Waals surface area contributed by atoms with Crippen molar-refractivity contribution in [1.82, 2.24) is 5.32 Å². The summed E-state index contributed by atoms with van der Waals surface area (Å²) in [4.78, 5) is 23.8. The van der Waals surface area contributed by atoms with Crippen LogP contribution in [0.25, 0.3) is 0 Å². The number of carbonyl (C=O) groups excluding carboxylic acids is 2. The van der Waals surface area contributed by atoms with E-state index in [0.717, 1.165) is 16.3 Å². The van der Waals surface area contributed by atoms with Crippen LogP contribution in [0.4, 0.5) is 0 Å². The Morgan fingerprint density at radius 2 is 1.83 bits per heavy atom. The lowest BCUT2D eigenvalue weighted by Gasteiger charge is -2.20. The predicted octanol–water partition coefficient (Wildman–Crippen LogP) is 1.85. The van der Waals surface area contributed by atoms with Gasteiger partial charge in [-0.3, -0.25) is 9.59 Å². The molecule has 0 unspecified atom stereocenters. The Hall–Kier alpha value is -1.41. The second-order valence-electron chi connectivity index (χ2n) is 5.39. The zero-order valence-electron chi connectivity index (χ0n) is 13.2. The molecule has 0 aliphatic heterocycles. The topological polar surface area (TPSA) is 89.5 Å². The number of hydrogen-bond donors (Lipinski definition) is 1. The van der Waals surface area contributed by atoms with Crippen molar-refractivity contribution in [1.29, 1.82) is 0 Å². The highest BCUT2D eigenvalue weighted by molar-refractivity contribution is 9.10. The molecule has 0 aliphatic rings. The molecule has 0 heterocycles. The van der Waals surface area contributed by atoms with Gasteiger partial charge in [0.05, 0.1) is 25.3 Å². The highest BCUT2D eigenvalue weighted by atomic mass is 79.9. The summed E-state index contributed by atoms with van der Waals surface area (Å²) in [6.07, 6.45) is 1.05. The van der Waals surface area contributed by atoms with Gasteiger partial charge < -0.3 is 10.1 Å². The van der Waals surface area contributed by atoms with Crippen LogP contribution in [0.5, 0.6) is 0 Å². The number of methoxy groups -OCH3 is 1. The van der Waals surface area contributed by atoms with E-state index < -0.39 is 33.7 Å². The first kappa shape index (κ1) is 19.6. The van der Waals surface area contributed by atoms with Crippen LogP contribution < -0.4 is 5.32 Å². The minimum Gasteiger partial charge on any atom is -0.469 e. The number of amides is 1. The zero-order valence-corrected chi connectivity index (χ0v) is 15.6. The van der Waals surface area contributed by atoms with Gasteiger partial charge in [0.15, 0.2) is 0 Å². The SMILES string of the molecule is COC(=O)C[C@H](NC(=O)[C@H](C)CS(C)(=O)=O)c1ccc(Br)cc1. The van der Waals surface area contributed by atoms with Gasteiger partial charge in [0.1, 0.15) is 9.84 Å². The molecule has 8 heteroatoms. The normalized spacial score (nSPS) is 13.9. The number of halogens is 1. The van der Waals surface area contributed by atoms with Crippen molar-refractivity contribution < 1.29 is 22.7 Å². The lowest BCUT2D eigenvalue weighted by Crippen LogP contribution is -2.36. The molecule has 0 saturated heterocycles. The lowest BCUT2D eigenvalue weighted by molar-refractivity contribution is -0.141. The second kappa shape index (κ2) is 8.44. The number of nitrogens with one attached hydrogen (secondary N) is 1. The highest BCUT2D eigenvalue weighted by Crippen LogP contribution is 2.21. The third-order valence-corrected chi connectivity index (χ3v) is 4.82. The largest absolute Gasteiger partial charge is 0.469 e. The molecule has 6 nitrogen and oxygen atoms in total. The second-order valence-corrected chi connectivity index (χ2v) is 8.49. The molecule has 1 rings (SSSR count). The molecule has 0 saturated carbocycles. The quantitative estimate of drug-likeness (QED) is 0.699. The third kappa shape index (κ3) is 7.13. The third-order valence-electron chi connectivity index (χ3n) is 3.19. The van der Waals surface area contributed by atoms with Gasteiger partial charge in [0.25, 0.3) is 0 Å². The molecular formula is C15H20BrNO5S. The number of benzene rings is 1. The van der Waals surface area contributed by atoms with E-state index in [2.05, 4.69) is 26.0 Å². The molecule has 1 aromatic carbocycles. The van der Waals surface area contributed by atoms with Crippen molar-refractivity contribution >= 4 is 37.6 Å². The summed E-state index contributed by atoms with van der Waals surface area (Å²) in [5, 5.41) is 2.72. The molecule has 0 aliphatic carbocycles. The minimum absolute atomic E-state index is 0.0323. The maximum absolute atomic E-state index is 12.2. The summed E-state index contributed by atoms with van der Waals surface area (Å²) >= 11 is 3.32. The first-order chi connectivity index (χ1) is 10.6. The molecule has 0 fully saturated rings. The van der Waals surface area contributed by atoms with Crippen LogP contribution in [0.3, 0.4) is 0 Å². The number of esters is 1. The van der Waals surface area contributed by atoms with E-state index in [4.69, 9.17) is 0 Å². The summed E-state index contributed by atoms with van der Waals surface area (Å²) < 4.78 is 28.1. The van der Waals surface area contributed by atoms with Crippen LogP contribution in [0.1, 0.15) is 24.9 Å². The molecule has 23 heavy (non-hydrogen) atoms. The fourth-order valence-electron chi connectivity index (χ4n) is 2.04. The van der Waals surface area contributed by atoms with E-state index in [9.17, 15) is 18.0 Å². The number of ether oxygens (including phenoxy) is 1. The molecule has 1 amide bonds. The molecule has 0 radical (unpaired) electrons. The number of carbonyl (C=O) groups is 2. The van der Waals surface area contributed by atoms with E-state index in [1.54, 1.807) is 24.3 Å². The van der Waals surface area contributed by atoms with E-state index in [-0.39, 0.29) is 12.2 Å². The van der Waals surface area contributed by atoms with Gasteiger partial charge in [-0.15, -0.1) is 0 Å². The van der Waals surface area contributed by atoms with Crippen molar-refractivity contribution in [3.8, 4) is 0 Å². The van der Waals surface area contributed by atoms with Gasteiger partial charge in [0.2, 0.25) is 5.91 Å². The summed E-state index contributed by atoms with van der Waals surface area (Å²) in [5.74, 6) is -1.84. The lowest BCUT2D eigenvalue weighted by atomic mass is 10.0. The monoisotopic (exact) mass is 405 g/mol. The van der Waals surface area contributed by atoms with E-state index in [1.807, 2.05) is 0 Å². The van der Waals surface area contributed by atoms with E-state index in [0.29, 0.717) is 0 Å². The first-order valence-electron chi connectivity index (χ1n) is 6.92. The van der Waals surface area contributed by atoms with Gasteiger partial charge in [-0.05, 0) is 17.7 Å². The molecule has 0 spiro atoms. The smallest absolute Gasteiger partial charge is 0.307 e. The maximum Gasteiger partial charge on any atom is 0.307 e. The Kier molecular flexibility index (Phi) is 7.21. The molecule has 0 bridgehead atoms. The summed E-state index contributed by atoms with van der Waals surface area (Å²) in [6.45, 7) is 1.53. The maximum atomic E-state index is 12.2. The summed E-state index contributed by atoms with van der Waals surface area (Å²) in [6, 6.07) is 6.57. The van der Waals surface area contributed by atoms with Gasteiger partial charge in [0, 0.05) is 16.6 Å². The van der Waals surface area contributed by atoms with Crippen molar-refractivity contribution in [2.24, 2.45) is 5.92 Å². The van der Waals surface area contributed by atoms with Crippen LogP contribution in [-0.2, 0) is 24.2 Å². The highest BCUT2D eigenvalue weighted by Gasteiger charge is 2.24. The summed E-state index contributed by atoms with van der Waals surface area (Å²) in [5.41, 5.74) is 0.735. The Bertz CT molecular complexity index is 657. The molecule has 1 N–H and O–H groups in total. The number of sulfone groups is 1. The van der Waals surface area contributed by atoms with Crippen LogP contribution in [0, 0.1) is 5.92 Å². The average molecular weight is 406 g/mol. The van der Waals surface area contributed by atoms with E-state index in [1.165, 1.54) is 14.0 Å². The standard InChI is InChI=1S/C15H20BrNO5S/c1-10(9-23(3,20)21)15(19)17-13(8-14(18)22-2)11-4-6-12(16)7-5-11/h4-7,10,13H,8-9H2,1-3H3,(H,17,19)/t10-,13+/m1/s1. The van der Waals surface area contributed by atoms with Crippen LogP contribution in [0.15, 0.2) is 28.7 Å².